The molecule has 2 N–H and O–H groups in total. The van der Waals surface area contributed by atoms with Crippen molar-refractivity contribution in [1.82, 2.24) is 10.3 Å². The number of rotatable bonds is 3. The third kappa shape index (κ3) is 2.83. The molecular weight excluding hydrogens is 238 g/mol. The standard InChI is InChI=1S/C11H17N3O2S/c1-6-7(2)17-11(13-6)14-10(15)9-4-8(16-3)5-12-9/h8-9,12H,4-5H2,1-3H3,(H,13,14,15). The summed E-state index contributed by atoms with van der Waals surface area (Å²) < 4.78 is 5.21. The van der Waals surface area contributed by atoms with Crippen LogP contribution in [-0.4, -0.2) is 36.7 Å². The highest BCUT2D eigenvalue weighted by Gasteiger charge is 2.29. The summed E-state index contributed by atoms with van der Waals surface area (Å²) >= 11 is 1.51. The van der Waals surface area contributed by atoms with Gasteiger partial charge in [0.25, 0.3) is 0 Å². The zero-order chi connectivity index (χ0) is 12.4. The minimum atomic E-state index is -0.176. The third-order valence-electron chi connectivity index (χ3n) is 3.00. The Labute approximate surface area is 105 Å². The monoisotopic (exact) mass is 255 g/mol. The predicted octanol–water partition coefficient (Wildman–Crippen LogP) is 1.08. The smallest absolute Gasteiger partial charge is 0.243 e. The number of amides is 1. The van der Waals surface area contributed by atoms with Crippen molar-refractivity contribution in [2.75, 3.05) is 19.0 Å². The van der Waals surface area contributed by atoms with Crippen LogP contribution in [0.4, 0.5) is 5.13 Å². The Bertz CT molecular complexity index is 399. The Kier molecular flexibility index (Phi) is 3.76. The van der Waals surface area contributed by atoms with Gasteiger partial charge in [0.15, 0.2) is 5.13 Å². The van der Waals surface area contributed by atoms with Gasteiger partial charge in [0.05, 0.1) is 17.8 Å². The highest BCUT2D eigenvalue weighted by molar-refractivity contribution is 7.15. The average molecular weight is 255 g/mol. The molecule has 1 saturated heterocycles. The maximum absolute atomic E-state index is 11.9. The van der Waals surface area contributed by atoms with Gasteiger partial charge in [-0.25, -0.2) is 4.98 Å². The number of nitrogens with zero attached hydrogens (tertiary/aromatic N) is 1. The van der Waals surface area contributed by atoms with Gasteiger partial charge in [-0.2, -0.15) is 0 Å². The number of aryl methyl sites for hydroxylation is 2. The SMILES string of the molecule is COC1CNC(C(=O)Nc2nc(C)c(C)s2)C1. The highest BCUT2D eigenvalue weighted by Crippen LogP contribution is 2.21. The van der Waals surface area contributed by atoms with Gasteiger partial charge in [-0.05, 0) is 20.3 Å². The zero-order valence-corrected chi connectivity index (χ0v) is 11.1. The van der Waals surface area contributed by atoms with Crippen LogP contribution in [0, 0.1) is 13.8 Å². The van der Waals surface area contributed by atoms with E-state index in [1.165, 1.54) is 11.3 Å². The molecular formula is C11H17N3O2S. The van der Waals surface area contributed by atoms with Crippen LogP contribution in [0.5, 0.6) is 0 Å². The summed E-state index contributed by atoms with van der Waals surface area (Å²) in [6.07, 6.45) is 0.844. The van der Waals surface area contributed by atoms with Crippen LogP contribution in [0.2, 0.25) is 0 Å². The molecule has 6 heteroatoms. The van der Waals surface area contributed by atoms with E-state index in [0.717, 1.165) is 17.1 Å². The Morgan fingerprint density at radius 1 is 1.59 bits per heavy atom. The van der Waals surface area contributed by atoms with Crippen molar-refractivity contribution in [2.45, 2.75) is 32.4 Å². The number of aromatic nitrogens is 1. The predicted molar refractivity (Wildman–Crippen MR) is 67.4 cm³/mol. The van der Waals surface area contributed by atoms with Gasteiger partial charge >= 0.3 is 0 Å². The summed E-state index contributed by atoms with van der Waals surface area (Å²) in [5.41, 5.74) is 0.972. The van der Waals surface area contributed by atoms with E-state index in [4.69, 9.17) is 4.74 Å². The van der Waals surface area contributed by atoms with E-state index in [1.807, 2.05) is 13.8 Å². The summed E-state index contributed by atoms with van der Waals surface area (Å²) in [4.78, 5) is 17.4. The summed E-state index contributed by atoms with van der Waals surface area (Å²) in [6.45, 7) is 4.66. The molecule has 0 spiro atoms. The van der Waals surface area contributed by atoms with Crippen molar-refractivity contribution in [2.24, 2.45) is 0 Å². The molecule has 2 heterocycles. The van der Waals surface area contributed by atoms with Crippen LogP contribution in [0.3, 0.4) is 0 Å². The number of methoxy groups -OCH3 is 1. The average Bonchev–Trinajstić information content (AvgIpc) is 2.87. The maximum Gasteiger partial charge on any atom is 0.243 e. The molecule has 1 aromatic heterocycles. The Hall–Kier alpha value is -0.980. The van der Waals surface area contributed by atoms with E-state index >= 15 is 0 Å². The molecule has 0 radical (unpaired) electrons. The molecule has 0 bridgehead atoms. The molecule has 1 aromatic rings. The summed E-state index contributed by atoms with van der Waals surface area (Å²) in [5.74, 6) is -0.0294. The lowest BCUT2D eigenvalue weighted by atomic mass is 10.2. The van der Waals surface area contributed by atoms with Crippen LogP contribution in [0.15, 0.2) is 0 Å². The number of carbonyl (C=O) groups excluding carboxylic acids is 1. The fourth-order valence-corrected chi connectivity index (χ4v) is 2.62. The molecule has 0 aliphatic carbocycles. The molecule has 5 nitrogen and oxygen atoms in total. The molecule has 94 valence electrons. The van der Waals surface area contributed by atoms with Gasteiger partial charge in [0.1, 0.15) is 0 Å². The van der Waals surface area contributed by atoms with Crippen molar-refractivity contribution in [3.05, 3.63) is 10.6 Å². The van der Waals surface area contributed by atoms with E-state index in [2.05, 4.69) is 15.6 Å². The van der Waals surface area contributed by atoms with Gasteiger partial charge < -0.3 is 15.4 Å². The van der Waals surface area contributed by atoms with Crippen molar-refractivity contribution < 1.29 is 9.53 Å². The van der Waals surface area contributed by atoms with Crippen molar-refractivity contribution >= 4 is 22.4 Å². The second kappa shape index (κ2) is 5.12. The second-order valence-electron chi connectivity index (χ2n) is 4.20. The molecule has 0 saturated carbocycles. The number of ether oxygens (including phenoxy) is 1. The van der Waals surface area contributed by atoms with Crippen molar-refractivity contribution in [3.63, 3.8) is 0 Å². The highest BCUT2D eigenvalue weighted by atomic mass is 32.1. The Morgan fingerprint density at radius 2 is 2.35 bits per heavy atom. The van der Waals surface area contributed by atoms with Gasteiger partial charge in [-0.3, -0.25) is 4.79 Å². The van der Waals surface area contributed by atoms with E-state index in [9.17, 15) is 4.79 Å². The van der Waals surface area contributed by atoms with Crippen LogP contribution >= 0.6 is 11.3 Å². The normalized spacial score (nSPS) is 23.9. The van der Waals surface area contributed by atoms with E-state index < -0.39 is 0 Å². The molecule has 1 fully saturated rings. The Balaban J connectivity index is 1.93. The van der Waals surface area contributed by atoms with Crippen molar-refractivity contribution in [1.29, 1.82) is 0 Å². The first-order valence-corrected chi connectivity index (χ1v) is 6.43. The summed E-state index contributed by atoms with van der Waals surface area (Å²) in [6, 6.07) is -0.176. The first-order valence-electron chi connectivity index (χ1n) is 5.61. The first kappa shape index (κ1) is 12.5. The summed E-state index contributed by atoms with van der Waals surface area (Å²) in [7, 11) is 1.67. The molecule has 0 aromatic carbocycles. The number of anilines is 1. The fraction of sp³-hybridized carbons (Fsp3) is 0.636. The number of hydrogen-bond donors (Lipinski definition) is 2. The van der Waals surface area contributed by atoms with E-state index in [1.54, 1.807) is 7.11 Å². The van der Waals surface area contributed by atoms with Crippen LogP contribution < -0.4 is 10.6 Å². The number of hydrogen-bond acceptors (Lipinski definition) is 5. The van der Waals surface area contributed by atoms with Gasteiger partial charge in [-0.15, -0.1) is 11.3 Å². The largest absolute Gasteiger partial charge is 0.380 e. The quantitative estimate of drug-likeness (QED) is 0.848. The zero-order valence-electron chi connectivity index (χ0n) is 10.2. The van der Waals surface area contributed by atoms with Gasteiger partial charge in [0, 0.05) is 18.5 Å². The minimum absolute atomic E-state index is 0.0294. The molecule has 1 aliphatic rings. The summed E-state index contributed by atoms with van der Waals surface area (Å²) in [5, 5.41) is 6.65. The molecule has 2 atom stereocenters. The molecule has 17 heavy (non-hydrogen) atoms. The third-order valence-corrected chi connectivity index (χ3v) is 3.99. The van der Waals surface area contributed by atoms with Gasteiger partial charge in [0.2, 0.25) is 5.91 Å². The fourth-order valence-electron chi connectivity index (χ4n) is 1.80. The van der Waals surface area contributed by atoms with E-state index in [0.29, 0.717) is 11.6 Å². The topological polar surface area (TPSA) is 63.2 Å². The van der Waals surface area contributed by atoms with Crippen LogP contribution in [0.1, 0.15) is 17.0 Å². The lowest BCUT2D eigenvalue weighted by molar-refractivity contribution is -0.118. The lowest BCUT2D eigenvalue weighted by Crippen LogP contribution is -2.35. The first-order chi connectivity index (χ1) is 8.10. The molecule has 1 amide bonds. The number of nitrogens with one attached hydrogen (secondary N) is 2. The Morgan fingerprint density at radius 3 is 2.88 bits per heavy atom. The minimum Gasteiger partial charge on any atom is -0.380 e. The lowest BCUT2D eigenvalue weighted by Gasteiger charge is -2.09. The molecule has 2 unspecified atom stereocenters. The number of carbonyl (C=O) groups is 1. The molecule has 1 aliphatic heterocycles. The van der Waals surface area contributed by atoms with Gasteiger partial charge in [-0.1, -0.05) is 0 Å². The van der Waals surface area contributed by atoms with Crippen molar-refractivity contribution in [3.8, 4) is 0 Å². The van der Waals surface area contributed by atoms with E-state index in [-0.39, 0.29) is 18.1 Å². The van der Waals surface area contributed by atoms with Crippen LogP contribution in [-0.2, 0) is 9.53 Å². The molecule has 2 rings (SSSR count). The number of thiazole rings is 1. The van der Waals surface area contributed by atoms with Crippen LogP contribution in [0.25, 0.3) is 0 Å². The second-order valence-corrected chi connectivity index (χ2v) is 5.41. The maximum atomic E-state index is 11.9.